The summed E-state index contributed by atoms with van der Waals surface area (Å²) in [6.07, 6.45) is 0. The molecule has 6 nitrogen and oxygen atoms in total. The molecule has 3 aromatic rings. The van der Waals surface area contributed by atoms with Crippen molar-refractivity contribution < 1.29 is 14.3 Å². The number of carbonyl (C=O) groups excluding carboxylic acids is 1. The van der Waals surface area contributed by atoms with Gasteiger partial charge in [-0.05, 0) is 30.7 Å². The maximum absolute atomic E-state index is 12.6. The van der Waals surface area contributed by atoms with Gasteiger partial charge in [-0.1, -0.05) is 29.8 Å². The van der Waals surface area contributed by atoms with E-state index in [2.05, 4.69) is 10.4 Å². The molecular formula is C20H20ClN3O3. The van der Waals surface area contributed by atoms with Crippen LogP contribution in [0, 0.1) is 6.92 Å². The van der Waals surface area contributed by atoms with Crippen LogP contribution in [0.25, 0.3) is 0 Å². The minimum Gasteiger partial charge on any atom is -0.497 e. The zero-order valence-corrected chi connectivity index (χ0v) is 16.1. The topological polar surface area (TPSA) is 65.4 Å². The van der Waals surface area contributed by atoms with Crippen LogP contribution in [-0.4, -0.2) is 29.9 Å². The van der Waals surface area contributed by atoms with E-state index < -0.39 is 0 Å². The largest absolute Gasteiger partial charge is 0.497 e. The Morgan fingerprint density at radius 3 is 2.63 bits per heavy atom. The number of halogens is 1. The highest BCUT2D eigenvalue weighted by molar-refractivity contribution is 6.31. The average Bonchev–Trinajstić information content (AvgIpc) is 3.01. The second-order valence-corrected chi connectivity index (χ2v) is 6.35. The van der Waals surface area contributed by atoms with Crippen LogP contribution in [0.5, 0.6) is 11.5 Å². The van der Waals surface area contributed by atoms with Crippen LogP contribution in [0.3, 0.4) is 0 Å². The highest BCUT2D eigenvalue weighted by atomic mass is 35.5. The Labute approximate surface area is 162 Å². The van der Waals surface area contributed by atoms with Gasteiger partial charge in [0.25, 0.3) is 5.91 Å². The average molecular weight is 386 g/mol. The number of ether oxygens (including phenoxy) is 2. The van der Waals surface area contributed by atoms with Gasteiger partial charge >= 0.3 is 0 Å². The lowest BCUT2D eigenvalue weighted by Crippen LogP contribution is -2.14. The van der Waals surface area contributed by atoms with E-state index in [0.717, 1.165) is 11.3 Å². The van der Waals surface area contributed by atoms with Crippen LogP contribution in [0.15, 0.2) is 48.5 Å². The summed E-state index contributed by atoms with van der Waals surface area (Å²) in [6, 6.07) is 14.4. The smallest absolute Gasteiger partial charge is 0.260 e. The van der Waals surface area contributed by atoms with Gasteiger partial charge in [0, 0.05) is 22.8 Å². The maximum Gasteiger partial charge on any atom is 0.260 e. The van der Waals surface area contributed by atoms with Crippen LogP contribution < -0.4 is 14.8 Å². The third-order valence-corrected chi connectivity index (χ3v) is 4.52. The number of hydrogen-bond donors (Lipinski definition) is 1. The third kappa shape index (κ3) is 4.23. The van der Waals surface area contributed by atoms with Gasteiger partial charge in [-0.15, -0.1) is 0 Å². The van der Waals surface area contributed by atoms with E-state index in [1.54, 1.807) is 30.0 Å². The number of nitrogens with zero attached hydrogens (tertiary/aromatic N) is 2. The summed E-state index contributed by atoms with van der Waals surface area (Å²) in [6.45, 7) is 2.45. The van der Waals surface area contributed by atoms with Crippen molar-refractivity contribution in [1.82, 2.24) is 9.78 Å². The molecular weight excluding hydrogens is 366 g/mol. The van der Waals surface area contributed by atoms with Gasteiger partial charge < -0.3 is 14.8 Å². The standard InChI is InChI=1S/C20H20ClN3O3/c1-13-10-19(23-24(13)12-14-6-4-5-7-17(14)21)22-20(25)16-9-8-15(26-2)11-18(16)27-3/h4-11H,12H2,1-3H3,(H,22,23,25). The number of benzene rings is 2. The van der Waals surface area contributed by atoms with Gasteiger partial charge in [-0.2, -0.15) is 5.10 Å². The first-order valence-corrected chi connectivity index (χ1v) is 8.71. The molecule has 0 aliphatic heterocycles. The van der Waals surface area contributed by atoms with Gasteiger partial charge in [0.15, 0.2) is 5.82 Å². The van der Waals surface area contributed by atoms with E-state index in [1.165, 1.54) is 7.11 Å². The molecule has 140 valence electrons. The van der Waals surface area contributed by atoms with Gasteiger partial charge in [0.1, 0.15) is 11.5 Å². The fourth-order valence-electron chi connectivity index (χ4n) is 2.69. The first kappa shape index (κ1) is 18.8. The number of amides is 1. The predicted molar refractivity (Wildman–Crippen MR) is 105 cm³/mol. The van der Waals surface area contributed by atoms with Crippen LogP contribution in [-0.2, 0) is 6.54 Å². The molecule has 0 bridgehead atoms. The van der Waals surface area contributed by atoms with E-state index in [0.29, 0.717) is 34.4 Å². The summed E-state index contributed by atoms with van der Waals surface area (Å²) in [5, 5.41) is 7.95. The Hall–Kier alpha value is -2.99. The predicted octanol–water partition coefficient (Wildman–Crippen LogP) is 4.16. The van der Waals surface area contributed by atoms with Crippen molar-refractivity contribution in [3.05, 3.63) is 70.4 Å². The number of nitrogens with one attached hydrogen (secondary N) is 1. The quantitative estimate of drug-likeness (QED) is 0.691. The molecule has 27 heavy (non-hydrogen) atoms. The molecule has 0 unspecified atom stereocenters. The van der Waals surface area contributed by atoms with E-state index in [1.807, 2.05) is 37.3 Å². The molecule has 0 radical (unpaired) electrons. The lowest BCUT2D eigenvalue weighted by Gasteiger charge is -2.10. The summed E-state index contributed by atoms with van der Waals surface area (Å²) in [7, 11) is 3.07. The number of methoxy groups -OCH3 is 2. The third-order valence-electron chi connectivity index (χ3n) is 4.15. The van der Waals surface area contributed by atoms with Crippen molar-refractivity contribution in [2.45, 2.75) is 13.5 Å². The van der Waals surface area contributed by atoms with Crippen molar-refractivity contribution in [2.75, 3.05) is 19.5 Å². The molecule has 2 aromatic carbocycles. The number of aryl methyl sites for hydroxylation is 1. The fourth-order valence-corrected chi connectivity index (χ4v) is 2.88. The Morgan fingerprint density at radius 1 is 1.15 bits per heavy atom. The highest BCUT2D eigenvalue weighted by Crippen LogP contribution is 2.25. The second kappa shape index (κ2) is 8.14. The number of rotatable bonds is 6. The maximum atomic E-state index is 12.6. The Morgan fingerprint density at radius 2 is 1.93 bits per heavy atom. The molecule has 0 atom stereocenters. The molecule has 0 spiro atoms. The Kier molecular flexibility index (Phi) is 5.66. The van der Waals surface area contributed by atoms with Crippen molar-refractivity contribution in [2.24, 2.45) is 0 Å². The molecule has 0 aliphatic rings. The van der Waals surface area contributed by atoms with Gasteiger partial charge in [0.2, 0.25) is 0 Å². The first-order chi connectivity index (χ1) is 13.0. The normalized spacial score (nSPS) is 10.5. The number of carbonyl (C=O) groups is 1. The molecule has 0 saturated carbocycles. The van der Waals surface area contributed by atoms with Crippen LogP contribution in [0.4, 0.5) is 5.82 Å². The lowest BCUT2D eigenvalue weighted by molar-refractivity contribution is 0.102. The van der Waals surface area contributed by atoms with E-state index in [-0.39, 0.29) is 5.91 Å². The van der Waals surface area contributed by atoms with Crippen LogP contribution in [0.2, 0.25) is 5.02 Å². The summed E-state index contributed by atoms with van der Waals surface area (Å²) in [5.74, 6) is 1.20. The minimum atomic E-state index is -0.308. The molecule has 7 heteroatoms. The molecule has 0 fully saturated rings. The molecule has 1 heterocycles. The monoisotopic (exact) mass is 385 g/mol. The second-order valence-electron chi connectivity index (χ2n) is 5.94. The molecule has 1 N–H and O–H groups in total. The Balaban J connectivity index is 1.79. The van der Waals surface area contributed by atoms with Crippen molar-refractivity contribution >= 4 is 23.3 Å². The zero-order chi connectivity index (χ0) is 19.4. The van der Waals surface area contributed by atoms with Crippen molar-refractivity contribution in [3.63, 3.8) is 0 Å². The van der Waals surface area contributed by atoms with Crippen molar-refractivity contribution in [1.29, 1.82) is 0 Å². The summed E-state index contributed by atoms with van der Waals surface area (Å²) in [4.78, 5) is 12.6. The first-order valence-electron chi connectivity index (χ1n) is 8.33. The molecule has 1 aromatic heterocycles. The minimum absolute atomic E-state index is 0.308. The molecule has 0 saturated heterocycles. The van der Waals surface area contributed by atoms with Crippen LogP contribution in [0.1, 0.15) is 21.6 Å². The summed E-state index contributed by atoms with van der Waals surface area (Å²) < 4.78 is 12.2. The van der Waals surface area contributed by atoms with Crippen molar-refractivity contribution in [3.8, 4) is 11.5 Å². The summed E-state index contributed by atoms with van der Waals surface area (Å²) in [5.41, 5.74) is 2.27. The highest BCUT2D eigenvalue weighted by Gasteiger charge is 2.15. The molecule has 1 amide bonds. The number of aromatic nitrogens is 2. The van der Waals surface area contributed by atoms with E-state index in [4.69, 9.17) is 21.1 Å². The fraction of sp³-hybridized carbons (Fsp3) is 0.200. The molecule has 3 rings (SSSR count). The van der Waals surface area contributed by atoms with Gasteiger partial charge in [-0.3, -0.25) is 9.48 Å². The van der Waals surface area contributed by atoms with E-state index >= 15 is 0 Å². The number of anilines is 1. The SMILES string of the molecule is COc1ccc(C(=O)Nc2cc(C)n(Cc3ccccc3Cl)n2)c(OC)c1. The van der Waals surface area contributed by atoms with E-state index in [9.17, 15) is 4.79 Å². The zero-order valence-electron chi connectivity index (χ0n) is 15.3. The number of hydrogen-bond acceptors (Lipinski definition) is 4. The summed E-state index contributed by atoms with van der Waals surface area (Å²) >= 11 is 6.22. The van der Waals surface area contributed by atoms with Gasteiger partial charge in [0.05, 0.1) is 26.3 Å². The lowest BCUT2D eigenvalue weighted by atomic mass is 10.1. The Bertz CT molecular complexity index is 969. The molecule has 0 aliphatic carbocycles. The van der Waals surface area contributed by atoms with Gasteiger partial charge in [-0.25, -0.2) is 0 Å². The van der Waals surface area contributed by atoms with Crippen LogP contribution >= 0.6 is 11.6 Å².